The van der Waals surface area contributed by atoms with E-state index in [4.69, 9.17) is 28.9 Å². The van der Waals surface area contributed by atoms with Crippen LogP contribution in [-0.4, -0.2) is 24.9 Å². The van der Waals surface area contributed by atoms with Gasteiger partial charge in [0, 0.05) is 42.5 Å². The average molecular weight is 349 g/mol. The number of nitrogens with one attached hydrogen (secondary N) is 2. The Bertz CT molecular complexity index is 717. The third-order valence-electron chi connectivity index (χ3n) is 2.85. The number of rotatable bonds is 6. The van der Waals surface area contributed by atoms with E-state index in [9.17, 15) is 8.42 Å². The Balaban J connectivity index is 2.16. The van der Waals surface area contributed by atoms with E-state index in [2.05, 4.69) is 14.7 Å². The van der Waals surface area contributed by atoms with E-state index in [1.54, 1.807) is 12.4 Å². The Morgan fingerprint density at radius 1 is 1.33 bits per heavy atom. The molecule has 0 amide bonds. The van der Waals surface area contributed by atoms with Crippen molar-refractivity contribution < 1.29 is 8.42 Å². The normalized spacial score (nSPS) is 11.8. The van der Waals surface area contributed by atoms with Crippen molar-refractivity contribution in [1.82, 2.24) is 14.7 Å². The van der Waals surface area contributed by atoms with Gasteiger partial charge in [-0.1, -0.05) is 23.2 Å². The summed E-state index contributed by atoms with van der Waals surface area (Å²) in [5.74, 6) is 0.697. The fourth-order valence-corrected chi connectivity index (χ4v) is 3.75. The summed E-state index contributed by atoms with van der Waals surface area (Å²) in [5, 5.41) is 0.396. The van der Waals surface area contributed by atoms with Crippen molar-refractivity contribution in [2.45, 2.75) is 17.9 Å². The van der Waals surface area contributed by atoms with Crippen LogP contribution in [0, 0.1) is 0 Å². The summed E-state index contributed by atoms with van der Waals surface area (Å²) >= 11 is 12.0. The van der Waals surface area contributed by atoms with Crippen LogP contribution < -0.4 is 10.5 Å². The standard InChI is InChI=1S/C12H14Cl2N4O2S/c13-9-1-2-10(12(14)8(9)7-15)21(19,20)18-4-3-11-16-5-6-17-11/h1-2,5-6,18H,3-4,7,15H2,(H,16,17). The lowest BCUT2D eigenvalue weighted by molar-refractivity contribution is 0.581. The van der Waals surface area contributed by atoms with E-state index >= 15 is 0 Å². The number of aromatic nitrogens is 2. The third kappa shape index (κ3) is 3.75. The van der Waals surface area contributed by atoms with Crippen LogP contribution in [-0.2, 0) is 23.0 Å². The van der Waals surface area contributed by atoms with Crippen LogP contribution in [0.1, 0.15) is 11.4 Å². The number of sulfonamides is 1. The Morgan fingerprint density at radius 3 is 2.71 bits per heavy atom. The summed E-state index contributed by atoms with van der Waals surface area (Å²) in [4.78, 5) is 6.88. The second-order valence-corrected chi connectivity index (χ2v) is 6.75. The molecule has 1 heterocycles. The van der Waals surface area contributed by atoms with E-state index in [-0.39, 0.29) is 23.0 Å². The summed E-state index contributed by atoms with van der Waals surface area (Å²) in [5.41, 5.74) is 5.94. The van der Waals surface area contributed by atoms with Gasteiger partial charge in [-0.2, -0.15) is 0 Å². The quantitative estimate of drug-likeness (QED) is 0.739. The first-order valence-corrected chi connectivity index (χ1v) is 8.34. The SMILES string of the molecule is NCc1c(Cl)ccc(S(=O)(=O)NCCc2ncc[nH]2)c1Cl. The first kappa shape index (κ1) is 16.3. The highest BCUT2D eigenvalue weighted by Gasteiger charge is 2.20. The predicted molar refractivity (Wildman–Crippen MR) is 81.8 cm³/mol. The molecule has 0 fully saturated rings. The Kier molecular flexibility index (Phi) is 5.23. The molecule has 0 bridgehead atoms. The van der Waals surface area contributed by atoms with Gasteiger partial charge >= 0.3 is 0 Å². The number of hydrogen-bond donors (Lipinski definition) is 3. The highest BCUT2D eigenvalue weighted by molar-refractivity contribution is 7.89. The van der Waals surface area contributed by atoms with Crippen molar-refractivity contribution >= 4 is 33.2 Å². The monoisotopic (exact) mass is 348 g/mol. The average Bonchev–Trinajstić information content (AvgIpc) is 2.92. The van der Waals surface area contributed by atoms with Gasteiger partial charge < -0.3 is 10.7 Å². The van der Waals surface area contributed by atoms with Gasteiger partial charge in [0.2, 0.25) is 10.0 Å². The number of nitrogens with two attached hydrogens (primary N) is 1. The van der Waals surface area contributed by atoms with Crippen molar-refractivity contribution in [1.29, 1.82) is 0 Å². The maximum Gasteiger partial charge on any atom is 0.242 e. The molecule has 2 aromatic rings. The van der Waals surface area contributed by atoms with Crippen LogP contribution in [0.5, 0.6) is 0 Å². The van der Waals surface area contributed by atoms with Crippen LogP contribution in [0.2, 0.25) is 10.0 Å². The van der Waals surface area contributed by atoms with Gasteiger partial charge in [0.25, 0.3) is 0 Å². The fourth-order valence-electron chi connectivity index (χ4n) is 1.79. The molecule has 21 heavy (non-hydrogen) atoms. The van der Waals surface area contributed by atoms with Gasteiger partial charge in [0.05, 0.1) is 5.02 Å². The summed E-state index contributed by atoms with van der Waals surface area (Å²) < 4.78 is 27.0. The molecular formula is C12H14Cl2N4O2S. The van der Waals surface area contributed by atoms with Crippen molar-refractivity contribution in [2.75, 3.05) is 6.54 Å². The second kappa shape index (κ2) is 6.76. The van der Waals surface area contributed by atoms with Gasteiger partial charge in [0.15, 0.2) is 0 Å². The Labute approximate surface area is 132 Å². The molecule has 4 N–H and O–H groups in total. The molecule has 0 spiro atoms. The number of halogens is 2. The van der Waals surface area contributed by atoms with Gasteiger partial charge in [-0.15, -0.1) is 0 Å². The highest BCUT2D eigenvalue weighted by atomic mass is 35.5. The molecule has 0 saturated heterocycles. The number of imidazole rings is 1. The van der Waals surface area contributed by atoms with Gasteiger partial charge in [-0.25, -0.2) is 18.1 Å². The summed E-state index contributed by atoms with van der Waals surface area (Å²) in [7, 11) is -3.73. The van der Waals surface area contributed by atoms with Crippen LogP contribution in [0.3, 0.4) is 0 Å². The molecule has 6 nitrogen and oxygen atoms in total. The molecule has 0 radical (unpaired) electrons. The molecule has 0 unspecified atom stereocenters. The molecule has 1 aromatic heterocycles. The third-order valence-corrected chi connectivity index (χ3v) is 5.25. The Morgan fingerprint density at radius 2 is 2.10 bits per heavy atom. The van der Waals surface area contributed by atoms with E-state index in [0.29, 0.717) is 22.8 Å². The molecule has 114 valence electrons. The highest BCUT2D eigenvalue weighted by Crippen LogP contribution is 2.30. The summed E-state index contributed by atoms with van der Waals surface area (Å²) in [6, 6.07) is 2.83. The fraction of sp³-hybridized carbons (Fsp3) is 0.250. The molecule has 0 aliphatic heterocycles. The second-order valence-electron chi connectivity index (χ2n) is 4.23. The van der Waals surface area contributed by atoms with E-state index in [1.165, 1.54) is 12.1 Å². The molecule has 9 heteroatoms. The van der Waals surface area contributed by atoms with Crippen molar-refractivity contribution in [3.8, 4) is 0 Å². The number of benzene rings is 1. The Hall–Kier alpha value is -1.12. The predicted octanol–water partition coefficient (Wildman–Crippen LogP) is 1.70. The zero-order chi connectivity index (χ0) is 15.5. The molecule has 2 rings (SSSR count). The zero-order valence-electron chi connectivity index (χ0n) is 10.9. The van der Waals surface area contributed by atoms with Crippen molar-refractivity contribution in [3.63, 3.8) is 0 Å². The number of hydrogen-bond acceptors (Lipinski definition) is 4. The topological polar surface area (TPSA) is 101 Å². The maximum absolute atomic E-state index is 12.3. The first-order chi connectivity index (χ1) is 9.95. The van der Waals surface area contributed by atoms with Crippen molar-refractivity contribution in [3.05, 3.63) is 46.0 Å². The smallest absolute Gasteiger partial charge is 0.242 e. The molecule has 0 aliphatic carbocycles. The number of aromatic amines is 1. The van der Waals surface area contributed by atoms with Crippen LogP contribution >= 0.6 is 23.2 Å². The van der Waals surface area contributed by atoms with E-state index in [1.807, 2.05) is 0 Å². The largest absolute Gasteiger partial charge is 0.349 e. The van der Waals surface area contributed by atoms with Crippen molar-refractivity contribution in [2.24, 2.45) is 5.73 Å². The van der Waals surface area contributed by atoms with E-state index in [0.717, 1.165) is 0 Å². The molecule has 0 saturated carbocycles. The number of H-pyrrole nitrogens is 1. The van der Waals surface area contributed by atoms with Gasteiger partial charge in [-0.3, -0.25) is 0 Å². The van der Waals surface area contributed by atoms with E-state index < -0.39 is 10.0 Å². The van der Waals surface area contributed by atoms with Crippen LogP contribution in [0.15, 0.2) is 29.4 Å². The molecule has 1 aromatic carbocycles. The lowest BCUT2D eigenvalue weighted by atomic mass is 10.2. The first-order valence-electron chi connectivity index (χ1n) is 6.10. The molecule has 0 atom stereocenters. The number of nitrogens with zero attached hydrogens (tertiary/aromatic N) is 1. The minimum atomic E-state index is -3.73. The molecular weight excluding hydrogens is 335 g/mol. The van der Waals surface area contributed by atoms with Crippen LogP contribution in [0.25, 0.3) is 0 Å². The molecule has 0 aliphatic rings. The summed E-state index contributed by atoms with van der Waals surface area (Å²) in [6.07, 6.45) is 3.72. The minimum Gasteiger partial charge on any atom is -0.349 e. The maximum atomic E-state index is 12.3. The summed E-state index contributed by atoms with van der Waals surface area (Å²) in [6.45, 7) is 0.264. The lowest BCUT2D eigenvalue weighted by Gasteiger charge is -2.11. The lowest BCUT2D eigenvalue weighted by Crippen LogP contribution is -2.26. The van der Waals surface area contributed by atoms with Gasteiger partial charge in [-0.05, 0) is 12.1 Å². The zero-order valence-corrected chi connectivity index (χ0v) is 13.3. The van der Waals surface area contributed by atoms with Crippen LogP contribution in [0.4, 0.5) is 0 Å². The van der Waals surface area contributed by atoms with Gasteiger partial charge in [0.1, 0.15) is 10.7 Å². The minimum absolute atomic E-state index is 0.0338.